The summed E-state index contributed by atoms with van der Waals surface area (Å²) in [6.45, 7) is 1.99. The Morgan fingerprint density at radius 3 is 1.84 bits per heavy atom. The third-order valence-corrected chi connectivity index (χ3v) is 5.49. The lowest BCUT2D eigenvalue weighted by Crippen LogP contribution is -2.23. The Labute approximate surface area is 182 Å². The summed E-state index contributed by atoms with van der Waals surface area (Å²) >= 11 is 0. The van der Waals surface area contributed by atoms with Crippen molar-refractivity contribution in [2.75, 3.05) is 0 Å². The highest BCUT2D eigenvalue weighted by Crippen LogP contribution is 2.23. The molecule has 3 aromatic rings. The molecule has 0 saturated heterocycles. The predicted molar refractivity (Wildman–Crippen MR) is 122 cm³/mol. The van der Waals surface area contributed by atoms with Crippen molar-refractivity contribution in [2.24, 2.45) is 11.5 Å². The fourth-order valence-corrected chi connectivity index (χ4v) is 3.98. The molecule has 0 spiro atoms. The lowest BCUT2D eigenvalue weighted by atomic mass is 10.0. The molecule has 1 aliphatic carbocycles. The van der Waals surface area contributed by atoms with Crippen LogP contribution in [0.2, 0.25) is 0 Å². The fraction of sp³-hybridized carbons (Fsp3) is 0.154. The highest BCUT2D eigenvalue weighted by Gasteiger charge is 2.13. The van der Waals surface area contributed by atoms with Crippen LogP contribution in [-0.4, -0.2) is 16.7 Å². The second-order valence-corrected chi connectivity index (χ2v) is 7.91. The van der Waals surface area contributed by atoms with E-state index in [4.69, 9.17) is 11.5 Å². The van der Waals surface area contributed by atoms with Crippen LogP contribution in [0, 0.1) is 0 Å². The number of rotatable bonds is 8. The Morgan fingerprint density at radius 2 is 1.29 bits per heavy atom. The molecule has 31 heavy (non-hydrogen) atoms. The first-order valence-electron chi connectivity index (χ1n) is 10.3. The van der Waals surface area contributed by atoms with Gasteiger partial charge in [-0.15, -0.1) is 0 Å². The first-order chi connectivity index (χ1) is 15.0. The van der Waals surface area contributed by atoms with Crippen LogP contribution < -0.4 is 11.5 Å². The van der Waals surface area contributed by atoms with Gasteiger partial charge in [0.25, 0.3) is 0 Å². The van der Waals surface area contributed by atoms with Gasteiger partial charge in [0.1, 0.15) is 0 Å². The van der Waals surface area contributed by atoms with Gasteiger partial charge < -0.3 is 11.5 Å². The molecule has 4 rings (SSSR count). The summed E-state index contributed by atoms with van der Waals surface area (Å²) in [5, 5.41) is 0. The average molecular weight is 412 g/mol. The second-order valence-electron chi connectivity index (χ2n) is 7.91. The molecule has 0 radical (unpaired) electrons. The van der Waals surface area contributed by atoms with Crippen molar-refractivity contribution in [1.29, 1.82) is 0 Å². The van der Waals surface area contributed by atoms with E-state index in [1.807, 2.05) is 36.4 Å². The Morgan fingerprint density at radius 1 is 0.742 bits per heavy atom. The molecule has 5 nitrogen and oxygen atoms in total. The zero-order valence-electron chi connectivity index (χ0n) is 17.3. The first kappa shape index (κ1) is 20.6. The standard InChI is InChI=1S/C26H25N3O2/c27-25(30)23-8-1-4-18(13-23)15-29(16-19-5-2-9-24(14-19)26(28)31)17-20-10-11-21-6-3-7-22(21)12-20/h1-5,7-14H,6,15-17H2,(H2,27,30)(H2,28,31). The normalized spacial score (nSPS) is 12.2. The molecule has 0 bridgehead atoms. The molecule has 4 N–H and O–H groups in total. The van der Waals surface area contributed by atoms with Crippen molar-refractivity contribution < 1.29 is 9.59 Å². The maximum Gasteiger partial charge on any atom is 0.248 e. The average Bonchev–Trinajstić information content (AvgIpc) is 3.22. The molecule has 0 unspecified atom stereocenters. The minimum atomic E-state index is -0.437. The van der Waals surface area contributed by atoms with Gasteiger partial charge in [-0.25, -0.2) is 0 Å². The van der Waals surface area contributed by atoms with E-state index >= 15 is 0 Å². The van der Waals surface area contributed by atoms with Crippen LogP contribution >= 0.6 is 0 Å². The van der Waals surface area contributed by atoms with E-state index in [1.165, 1.54) is 16.7 Å². The zero-order chi connectivity index (χ0) is 21.8. The third kappa shape index (κ3) is 5.08. The first-order valence-corrected chi connectivity index (χ1v) is 10.3. The molecular weight excluding hydrogens is 386 g/mol. The SMILES string of the molecule is NC(=O)c1cccc(CN(Cc2cccc(C(N)=O)c2)Cc2ccc3c(c2)C=CC3)c1. The third-order valence-electron chi connectivity index (χ3n) is 5.49. The van der Waals surface area contributed by atoms with Crippen molar-refractivity contribution in [3.05, 3.63) is 112 Å². The maximum absolute atomic E-state index is 11.6. The Balaban J connectivity index is 1.60. The number of fused-ring (bicyclic) bond motifs is 1. The summed E-state index contributed by atoms with van der Waals surface area (Å²) in [4.78, 5) is 25.5. The monoisotopic (exact) mass is 411 g/mol. The molecular formula is C26H25N3O2. The van der Waals surface area contributed by atoms with E-state index < -0.39 is 11.8 Å². The summed E-state index contributed by atoms with van der Waals surface area (Å²) in [6, 6.07) is 21.4. The number of allylic oxidation sites excluding steroid dienone is 1. The maximum atomic E-state index is 11.6. The Hall–Kier alpha value is -3.70. The van der Waals surface area contributed by atoms with Gasteiger partial charge >= 0.3 is 0 Å². The molecule has 156 valence electrons. The van der Waals surface area contributed by atoms with E-state index in [-0.39, 0.29) is 0 Å². The van der Waals surface area contributed by atoms with Gasteiger partial charge in [0.15, 0.2) is 0 Å². The Bertz CT molecular complexity index is 1110. The number of amides is 2. The van der Waals surface area contributed by atoms with Gasteiger partial charge in [0.2, 0.25) is 11.8 Å². The van der Waals surface area contributed by atoms with E-state index in [2.05, 4.69) is 35.3 Å². The minimum Gasteiger partial charge on any atom is -0.366 e. The number of hydrogen-bond donors (Lipinski definition) is 2. The molecule has 0 heterocycles. The van der Waals surface area contributed by atoms with Crippen molar-refractivity contribution >= 4 is 17.9 Å². The lowest BCUT2D eigenvalue weighted by Gasteiger charge is -2.23. The highest BCUT2D eigenvalue weighted by atomic mass is 16.1. The Kier molecular flexibility index (Phi) is 5.96. The molecule has 0 fully saturated rings. The van der Waals surface area contributed by atoms with Gasteiger partial charge in [-0.1, -0.05) is 54.6 Å². The van der Waals surface area contributed by atoms with Crippen LogP contribution in [-0.2, 0) is 26.1 Å². The number of carbonyl (C=O) groups excluding carboxylic acids is 2. The highest BCUT2D eigenvalue weighted by molar-refractivity contribution is 5.93. The number of benzene rings is 3. The summed E-state index contributed by atoms with van der Waals surface area (Å²) in [5.41, 5.74) is 17.7. The van der Waals surface area contributed by atoms with Crippen molar-refractivity contribution in [3.63, 3.8) is 0 Å². The van der Waals surface area contributed by atoms with Crippen molar-refractivity contribution in [2.45, 2.75) is 26.1 Å². The van der Waals surface area contributed by atoms with Gasteiger partial charge in [-0.2, -0.15) is 0 Å². The predicted octanol–water partition coefficient (Wildman–Crippen LogP) is 3.66. The van der Waals surface area contributed by atoms with Crippen molar-refractivity contribution in [1.82, 2.24) is 4.90 Å². The van der Waals surface area contributed by atoms with Crippen molar-refractivity contribution in [3.8, 4) is 0 Å². The van der Waals surface area contributed by atoms with Gasteiger partial charge in [-0.3, -0.25) is 14.5 Å². The van der Waals surface area contributed by atoms with Gasteiger partial charge in [0.05, 0.1) is 0 Å². The summed E-state index contributed by atoms with van der Waals surface area (Å²) in [5.74, 6) is -0.874. The zero-order valence-corrected chi connectivity index (χ0v) is 17.3. The minimum absolute atomic E-state index is 0.437. The molecule has 1 aliphatic rings. The summed E-state index contributed by atoms with van der Waals surface area (Å²) in [6.07, 6.45) is 5.33. The van der Waals surface area contributed by atoms with Crippen LogP contribution in [0.15, 0.2) is 72.8 Å². The molecule has 0 aromatic heterocycles. The van der Waals surface area contributed by atoms with E-state index in [1.54, 1.807) is 12.1 Å². The van der Waals surface area contributed by atoms with Crippen LogP contribution in [0.3, 0.4) is 0 Å². The summed E-state index contributed by atoms with van der Waals surface area (Å²) < 4.78 is 0. The number of hydrogen-bond acceptors (Lipinski definition) is 3. The molecule has 0 aliphatic heterocycles. The number of carbonyl (C=O) groups is 2. The molecule has 2 amide bonds. The van der Waals surface area contributed by atoms with E-state index in [0.29, 0.717) is 24.2 Å². The molecule has 0 atom stereocenters. The summed E-state index contributed by atoms with van der Waals surface area (Å²) in [7, 11) is 0. The number of nitrogens with zero attached hydrogens (tertiary/aromatic N) is 1. The quantitative estimate of drug-likeness (QED) is 0.593. The van der Waals surface area contributed by atoms with E-state index in [9.17, 15) is 9.59 Å². The van der Waals surface area contributed by atoms with Crippen LogP contribution in [0.5, 0.6) is 0 Å². The topological polar surface area (TPSA) is 89.4 Å². The van der Waals surface area contributed by atoms with Gasteiger partial charge in [0, 0.05) is 30.8 Å². The number of primary amides is 2. The van der Waals surface area contributed by atoms with Crippen LogP contribution in [0.1, 0.15) is 48.5 Å². The lowest BCUT2D eigenvalue weighted by molar-refractivity contribution is 0.0992. The van der Waals surface area contributed by atoms with E-state index in [0.717, 1.165) is 24.1 Å². The molecule has 5 heteroatoms. The van der Waals surface area contributed by atoms with Crippen LogP contribution in [0.4, 0.5) is 0 Å². The largest absolute Gasteiger partial charge is 0.366 e. The van der Waals surface area contributed by atoms with Crippen LogP contribution in [0.25, 0.3) is 6.08 Å². The number of nitrogens with two attached hydrogens (primary N) is 2. The smallest absolute Gasteiger partial charge is 0.248 e. The fourth-order valence-electron chi connectivity index (χ4n) is 3.98. The van der Waals surface area contributed by atoms with Gasteiger partial charge in [-0.05, 0) is 58.5 Å². The molecule has 0 saturated carbocycles. The molecule has 3 aromatic carbocycles. The second kappa shape index (κ2) is 8.98.